The molecular weight excluding hydrogens is 483 g/mol. The lowest BCUT2D eigenvalue weighted by molar-refractivity contribution is -0.132. The average molecular weight is 520 g/mol. The Morgan fingerprint density at radius 3 is 2.03 bits per heavy atom. The molecule has 37 heavy (non-hydrogen) atoms. The maximum atomic E-state index is 13.1. The number of ether oxygens (including phenoxy) is 1. The molecule has 0 fully saturated rings. The van der Waals surface area contributed by atoms with Gasteiger partial charge in [-0.2, -0.15) is 0 Å². The molecule has 0 radical (unpaired) electrons. The van der Waals surface area contributed by atoms with Crippen LogP contribution in [0.15, 0.2) is 30.3 Å². The second kappa shape index (κ2) is 15.6. The fourth-order valence-corrected chi connectivity index (χ4v) is 3.38. The van der Waals surface area contributed by atoms with Gasteiger partial charge in [-0.15, -0.1) is 0 Å². The Bertz CT molecular complexity index is 929. The molecule has 204 valence electrons. The van der Waals surface area contributed by atoms with Gasteiger partial charge in [0, 0.05) is 12.8 Å². The first-order chi connectivity index (χ1) is 17.3. The maximum absolute atomic E-state index is 13.1. The van der Waals surface area contributed by atoms with Crippen LogP contribution >= 0.6 is 0 Å². The molecule has 3 unspecified atom stereocenters. The smallest absolute Gasteiger partial charge is 0.453 e. The zero-order valence-corrected chi connectivity index (χ0v) is 21.8. The summed E-state index contributed by atoms with van der Waals surface area (Å²) in [6.45, 7) is 6.18. The highest BCUT2D eigenvalue weighted by molar-refractivity contribution is 6.43. The molecule has 0 saturated carbocycles. The number of hydrogen-bond acceptors (Lipinski definition) is 8. The first kappa shape index (κ1) is 31.6. The van der Waals surface area contributed by atoms with Crippen molar-refractivity contribution in [2.75, 3.05) is 7.11 Å². The quantitative estimate of drug-likeness (QED) is 0.177. The van der Waals surface area contributed by atoms with Gasteiger partial charge in [-0.3, -0.25) is 14.4 Å². The van der Waals surface area contributed by atoms with Gasteiger partial charge in [-0.05, 0) is 31.7 Å². The van der Waals surface area contributed by atoms with Crippen molar-refractivity contribution in [1.29, 1.82) is 0 Å². The fourth-order valence-electron chi connectivity index (χ4n) is 3.38. The number of alkyl carbamates (subject to hydrolysis) is 1. The Kier molecular flexibility index (Phi) is 13.3. The molecule has 12 nitrogen and oxygen atoms in total. The number of amides is 4. The van der Waals surface area contributed by atoms with Gasteiger partial charge in [-0.25, -0.2) is 4.79 Å². The van der Waals surface area contributed by atoms with E-state index in [1.165, 1.54) is 21.0 Å². The van der Waals surface area contributed by atoms with Crippen LogP contribution in [-0.2, 0) is 30.3 Å². The minimum Gasteiger partial charge on any atom is -0.453 e. The molecule has 0 aliphatic rings. The molecule has 4 atom stereocenters. The number of hydrogen-bond donors (Lipinski definition) is 6. The van der Waals surface area contributed by atoms with Gasteiger partial charge >= 0.3 is 13.2 Å². The summed E-state index contributed by atoms with van der Waals surface area (Å²) in [6, 6.07) is 5.73. The molecule has 0 spiro atoms. The molecule has 1 aromatic carbocycles. The number of ketones is 1. The van der Waals surface area contributed by atoms with Gasteiger partial charge in [0.2, 0.25) is 17.7 Å². The third-order valence-corrected chi connectivity index (χ3v) is 5.57. The van der Waals surface area contributed by atoms with Crippen LogP contribution in [0.5, 0.6) is 0 Å². The van der Waals surface area contributed by atoms with E-state index >= 15 is 0 Å². The van der Waals surface area contributed by atoms with Crippen LogP contribution in [-0.4, -0.2) is 77.9 Å². The van der Waals surface area contributed by atoms with Crippen molar-refractivity contribution in [3.63, 3.8) is 0 Å². The number of carbonyl (C=O) groups is 5. The SMILES string of the molecule is COC(=O)NC(C(=O)NC(Cc1ccccc1)C(=O)N[C@@H](C)C(=O)NC(CCC(C)=O)B(O)O)C(C)C. The standard InChI is InChI=1S/C24H37BN4O8/c1-14(2)20(29-24(34)37-5)23(33)27-18(13-17-9-7-6-8-10-17)22(32)26-16(4)21(31)28-19(25(35)36)12-11-15(3)30/h6-10,14,16,18-20,35-36H,11-13H2,1-5H3,(H,26,32)(H,27,33)(H,28,31)(H,29,34)/t16-,18?,19?,20?/m0/s1. The minimum absolute atomic E-state index is 0.00980. The van der Waals surface area contributed by atoms with Crippen molar-refractivity contribution in [1.82, 2.24) is 21.3 Å². The van der Waals surface area contributed by atoms with Crippen LogP contribution in [0.25, 0.3) is 0 Å². The molecule has 0 aliphatic heterocycles. The summed E-state index contributed by atoms with van der Waals surface area (Å²) in [4.78, 5) is 61.6. The second-order valence-electron chi connectivity index (χ2n) is 9.11. The van der Waals surface area contributed by atoms with Gasteiger partial charge in [-0.1, -0.05) is 44.2 Å². The van der Waals surface area contributed by atoms with Gasteiger partial charge in [0.1, 0.15) is 23.9 Å². The van der Waals surface area contributed by atoms with Crippen molar-refractivity contribution >= 4 is 36.7 Å². The van der Waals surface area contributed by atoms with E-state index in [0.29, 0.717) is 0 Å². The lowest BCUT2D eigenvalue weighted by atomic mass is 9.76. The van der Waals surface area contributed by atoms with Crippen molar-refractivity contribution in [3.05, 3.63) is 35.9 Å². The summed E-state index contributed by atoms with van der Waals surface area (Å²) in [5.41, 5.74) is 0.745. The van der Waals surface area contributed by atoms with Gasteiger partial charge < -0.3 is 40.8 Å². The first-order valence-electron chi connectivity index (χ1n) is 12.0. The van der Waals surface area contributed by atoms with Crippen LogP contribution in [0.1, 0.15) is 46.1 Å². The number of nitrogens with one attached hydrogen (secondary N) is 4. The number of benzene rings is 1. The molecule has 0 aliphatic carbocycles. The number of methoxy groups -OCH3 is 1. The molecule has 6 N–H and O–H groups in total. The Morgan fingerprint density at radius 1 is 0.892 bits per heavy atom. The molecule has 0 bridgehead atoms. The summed E-state index contributed by atoms with van der Waals surface area (Å²) >= 11 is 0. The van der Waals surface area contributed by atoms with E-state index in [0.717, 1.165) is 5.56 Å². The van der Waals surface area contributed by atoms with Crippen molar-refractivity contribution in [2.24, 2.45) is 5.92 Å². The second-order valence-corrected chi connectivity index (χ2v) is 9.11. The van der Waals surface area contributed by atoms with E-state index < -0.39 is 55.0 Å². The summed E-state index contributed by atoms with van der Waals surface area (Å²) in [6.07, 6.45) is -0.651. The van der Waals surface area contributed by atoms with Crippen molar-refractivity contribution < 1.29 is 38.8 Å². The topological polar surface area (TPSA) is 183 Å². The number of Topliss-reactive ketones (excluding diaryl/α,β-unsaturated/α-hetero) is 1. The van der Waals surface area contributed by atoms with Crippen LogP contribution in [0.3, 0.4) is 0 Å². The van der Waals surface area contributed by atoms with Gasteiger partial charge in [0.15, 0.2) is 0 Å². The predicted molar refractivity (Wildman–Crippen MR) is 136 cm³/mol. The molecule has 4 amide bonds. The highest BCUT2D eigenvalue weighted by Crippen LogP contribution is 2.08. The van der Waals surface area contributed by atoms with Crippen LogP contribution in [0, 0.1) is 5.92 Å². The largest absolute Gasteiger partial charge is 0.475 e. The molecule has 1 aromatic rings. The first-order valence-corrected chi connectivity index (χ1v) is 12.0. The molecule has 0 heterocycles. The lowest BCUT2D eigenvalue weighted by Crippen LogP contribution is -2.58. The normalized spacial score (nSPS) is 13.9. The van der Waals surface area contributed by atoms with E-state index in [9.17, 15) is 34.0 Å². The van der Waals surface area contributed by atoms with E-state index in [4.69, 9.17) is 0 Å². The molecular formula is C24H37BN4O8. The summed E-state index contributed by atoms with van der Waals surface area (Å²) in [5, 5.41) is 29.1. The van der Waals surface area contributed by atoms with E-state index in [-0.39, 0.29) is 31.0 Å². The summed E-state index contributed by atoms with van der Waals surface area (Å²) in [5.74, 6) is -3.58. The van der Waals surface area contributed by atoms with Gasteiger partial charge in [0.25, 0.3) is 0 Å². The summed E-state index contributed by atoms with van der Waals surface area (Å²) in [7, 11) is -0.727. The third kappa shape index (κ3) is 11.4. The molecule has 13 heteroatoms. The maximum Gasteiger partial charge on any atom is 0.475 e. The minimum atomic E-state index is -1.90. The van der Waals surface area contributed by atoms with E-state index in [1.54, 1.807) is 44.2 Å². The van der Waals surface area contributed by atoms with E-state index in [2.05, 4.69) is 26.0 Å². The monoisotopic (exact) mass is 520 g/mol. The number of carbonyl (C=O) groups excluding carboxylic acids is 5. The highest BCUT2D eigenvalue weighted by Gasteiger charge is 2.32. The van der Waals surface area contributed by atoms with Crippen LogP contribution < -0.4 is 21.3 Å². The van der Waals surface area contributed by atoms with Crippen LogP contribution in [0.2, 0.25) is 0 Å². The zero-order chi connectivity index (χ0) is 28.1. The molecule has 0 saturated heterocycles. The fraction of sp³-hybridized carbons (Fsp3) is 0.542. The van der Waals surface area contributed by atoms with Crippen molar-refractivity contribution in [3.8, 4) is 0 Å². The van der Waals surface area contributed by atoms with Crippen molar-refractivity contribution in [2.45, 2.75) is 71.0 Å². The molecule has 1 rings (SSSR count). The Balaban J connectivity index is 2.99. The molecule has 0 aromatic heterocycles. The Hall–Kier alpha value is -3.45. The van der Waals surface area contributed by atoms with E-state index in [1.807, 2.05) is 0 Å². The average Bonchev–Trinajstić information content (AvgIpc) is 2.84. The predicted octanol–water partition coefficient (Wildman–Crippen LogP) is -0.535. The third-order valence-electron chi connectivity index (χ3n) is 5.57. The summed E-state index contributed by atoms with van der Waals surface area (Å²) < 4.78 is 4.58. The van der Waals surface area contributed by atoms with Crippen LogP contribution in [0.4, 0.5) is 4.79 Å². The Morgan fingerprint density at radius 2 is 1.51 bits per heavy atom. The number of rotatable bonds is 14. The van der Waals surface area contributed by atoms with Gasteiger partial charge in [0.05, 0.1) is 13.1 Å². The highest BCUT2D eigenvalue weighted by atomic mass is 16.5. The Labute approximate surface area is 217 Å². The lowest BCUT2D eigenvalue weighted by Gasteiger charge is -2.26. The zero-order valence-electron chi connectivity index (χ0n) is 21.8.